The van der Waals surface area contributed by atoms with Gasteiger partial charge in [-0.25, -0.2) is 0 Å². The van der Waals surface area contributed by atoms with Crippen LogP contribution in [0.4, 0.5) is 5.82 Å². The maximum atomic E-state index is 12.4. The number of nitrogens with zero attached hydrogens (tertiary/aromatic N) is 2. The highest BCUT2D eigenvalue weighted by atomic mass is 16.5. The number of rotatable bonds is 2. The van der Waals surface area contributed by atoms with Crippen LogP contribution in [0.5, 0.6) is 0 Å². The molecule has 2 amide bonds. The number of likely N-dealkylation sites (tertiary alicyclic amines) is 1. The van der Waals surface area contributed by atoms with E-state index in [1.807, 2.05) is 30.3 Å². The van der Waals surface area contributed by atoms with Crippen LogP contribution in [0.15, 0.2) is 40.9 Å². The van der Waals surface area contributed by atoms with Crippen molar-refractivity contribution in [3.63, 3.8) is 0 Å². The van der Waals surface area contributed by atoms with Crippen molar-refractivity contribution in [2.24, 2.45) is 0 Å². The summed E-state index contributed by atoms with van der Waals surface area (Å²) in [6.45, 7) is 2.31. The van der Waals surface area contributed by atoms with Crippen LogP contribution in [0.25, 0.3) is 0 Å². The van der Waals surface area contributed by atoms with Gasteiger partial charge in [0.1, 0.15) is 5.76 Å². The number of carbonyl (C=O) groups is 2. The Morgan fingerprint density at radius 2 is 2.09 bits per heavy atom. The summed E-state index contributed by atoms with van der Waals surface area (Å²) in [5.74, 6) is -0.388. The van der Waals surface area contributed by atoms with E-state index in [0.29, 0.717) is 12.3 Å². The van der Waals surface area contributed by atoms with Gasteiger partial charge in [0.2, 0.25) is 0 Å². The van der Waals surface area contributed by atoms with Crippen molar-refractivity contribution in [3.05, 3.63) is 47.7 Å². The lowest BCUT2D eigenvalue weighted by Crippen LogP contribution is -2.39. The second kappa shape index (κ2) is 6.01. The normalized spacial score (nSPS) is 17.5. The van der Waals surface area contributed by atoms with Gasteiger partial charge in [-0.05, 0) is 25.3 Å². The van der Waals surface area contributed by atoms with Crippen LogP contribution in [-0.2, 0) is 9.59 Å². The number of nitrogens with one attached hydrogen (secondary N) is 1. The van der Waals surface area contributed by atoms with Crippen LogP contribution in [0.3, 0.4) is 0 Å². The lowest BCUT2D eigenvalue weighted by Gasteiger charge is -2.24. The first-order valence-electron chi connectivity index (χ1n) is 7.25. The molecule has 1 fully saturated rings. The molecular weight excluding hydrogens is 282 g/mol. The third kappa shape index (κ3) is 2.86. The lowest BCUT2D eigenvalue weighted by molar-refractivity contribution is -0.143. The van der Waals surface area contributed by atoms with Gasteiger partial charge in [0.25, 0.3) is 0 Å². The van der Waals surface area contributed by atoms with Crippen molar-refractivity contribution >= 4 is 17.6 Å². The Labute approximate surface area is 128 Å². The summed E-state index contributed by atoms with van der Waals surface area (Å²) in [7, 11) is 0. The van der Waals surface area contributed by atoms with Crippen LogP contribution in [0, 0.1) is 6.92 Å². The number of carbonyl (C=O) groups excluding carboxylic acids is 2. The van der Waals surface area contributed by atoms with Crippen LogP contribution >= 0.6 is 0 Å². The van der Waals surface area contributed by atoms with Gasteiger partial charge in [0.15, 0.2) is 5.82 Å². The Morgan fingerprint density at radius 1 is 1.32 bits per heavy atom. The molecule has 1 saturated heterocycles. The van der Waals surface area contributed by atoms with E-state index in [1.165, 1.54) is 0 Å². The monoisotopic (exact) mass is 299 g/mol. The molecule has 0 aliphatic carbocycles. The van der Waals surface area contributed by atoms with E-state index in [1.54, 1.807) is 17.9 Å². The first-order chi connectivity index (χ1) is 10.6. The molecule has 1 N–H and O–H groups in total. The fourth-order valence-electron chi connectivity index (χ4n) is 2.76. The Balaban J connectivity index is 1.72. The summed E-state index contributed by atoms with van der Waals surface area (Å²) in [5, 5.41) is 6.14. The summed E-state index contributed by atoms with van der Waals surface area (Å²) in [6.07, 6.45) is 1.76. The fourth-order valence-corrected chi connectivity index (χ4v) is 2.76. The molecule has 0 bridgehead atoms. The number of hydrogen-bond donors (Lipinski definition) is 1. The van der Waals surface area contributed by atoms with Gasteiger partial charge in [-0.15, -0.1) is 0 Å². The van der Waals surface area contributed by atoms with Crippen LogP contribution in [0.1, 0.15) is 30.2 Å². The number of aromatic nitrogens is 1. The average Bonchev–Trinajstić information content (AvgIpc) is 3.16. The molecule has 114 valence electrons. The third-order valence-corrected chi connectivity index (χ3v) is 3.76. The maximum absolute atomic E-state index is 12.4. The van der Waals surface area contributed by atoms with E-state index in [4.69, 9.17) is 4.52 Å². The third-order valence-electron chi connectivity index (χ3n) is 3.76. The van der Waals surface area contributed by atoms with Crippen molar-refractivity contribution in [1.29, 1.82) is 0 Å². The quantitative estimate of drug-likeness (QED) is 0.863. The van der Waals surface area contributed by atoms with Gasteiger partial charge in [0, 0.05) is 12.6 Å². The first-order valence-corrected chi connectivity index (χ1v) is 7.25. The van der Waals surface area contributed by atoms with E-state index >= 15 is 0 Å². The Morgan fingerprint density at radius 3 is 2.77 bits per heavy atom. The molecule has 1 aromatic carbocycles. The zero-order valence-electron chi connectivity index (χ0n) is 12.3. The van der Waals surface area contributed by atoms with Gasteiger partial charge in [-0.1, -0.05) is 35.5 Å². The largest absolute Gasteiger partial charge is 0.360 e. The number of hydrogen-bond acceptors (Lipinski definition) is 4. The average molecular weight is 299 g/mol. The Kier molecular flexibility index (Phi) is 3.91. The molecule has 22 heavy (non-hydrogen) atoms. The number of aryl methyl sites for hydroxylation is 1. The molecule has 6 heteroatoms. The number of amides is 2. The van der Waals surface area contributed by atoms with Crippen molar-refractivity contribution in [2.75, 3.05) is 11.9 Å². The van der Waals surface area contributed by atoms with Crippen molar-refractivity contribution in [1.82, 2.24) is 10.1 Å². The van der Waals surface area contributed by atoms with Crippen LogP contribution < -0.4 is 5.32 Å². The van der Waals surface area contributed by atoms with Crippen molar-refractivity contribution in [2.45, 2.75) is 25.8 Å². The number of benzene rings is 1. The minimum Gasteiger partial charge on any atom is -0.360 e. The van der Waals surface area contributed by atoms with E-state index in [-0.39, 0.29) is 11.9 Å². The lowest BCUT2D eigenvalue weighted by atomic mass is 10.0. The van der Waals surface area contributed by atoms with E-state index in [2.05, 4.69) is 10.5 Å². The molecule has 0 spiro atoms. The van der Waals surface area contributed by atoms with Crippen molar-refractivity contribution in [3.8, 4) is 0 Å². The zero-order valence-corrected chi connectivity index (χ0v) is 12.3. The highest BCUT2D eigenvalue weighted by Gasteiger charge is 2.33. The highest BCUT2D eigenvalue weighted by molar-refractivity contribution is 6.39. The second-order valence-electron chi connectivity index (χ2n) is 5.34. The SMILES string of the molecule is Cc1cc(NC(=O)C(=O)N2CCC[C@@H]2c2ccccc2)no1. The molecule has 1 aliphatic heterocycles. The smallest absolute Gasteiger partial charge is 0.315 e. The molecule has 1 aromatic heterocycles. The summed E-state index contributed by atoms with van der Waals surface area (Å²) in [4.78, 5) is 26.1. The summed E-state index contributed by atoms with van der Waals surface area (Å²) < 4.78 is 4.87. The molecule has 1 atom stereocenters. The topological polar surface area (TPSA) is 75.4 Å². The molecule has 2 aromatic rings. The van der Waals surface area contributed by atoms with E-state index in [9.17, 15) is 9.59 Å². The van der Waals surface area contributed by atoms with E-state index < -0.39 is 11.8 Å². The van der Waals surface area contributed by atoms with Gasteiger partial charge < -0.3 is 9.42 Å². The second-order valence-corrected chi connectivity index (χ2v) is 5.34. The van der Waals surface area contributed by atoms with Gasteiger partial charge >= 0.3 is 11.8 Å². The molecule has 6 nitrogen and oxygen atoms in total. The zero-order chi connectivity index (χ0) is 15.5. The highest BCUT2D eigenvalue weighted by Crippen LogP contribution is 2.31. The molecule has 0 saturated carbocycles. The molecule has 0 unspecified atom stereocenters. The Bertz CT molecular complexity index is 681. The molecular formula is C16H17N3O3. The predicted molar refractivity (Wildman–Crippen MR) is 80.0 cm³/mol. The molecule has 1 aliphatic rings. The van der Waals surface area contributed by atoms with Crippen LogP contribution in [-0.4, -0.2) is 28.4 Å². The van der Waals surface area contributed by atoms with Gasteiger partial charge in [-0.3, -0.25) is 14.9 Å². The van der Waals surface area contributed by atoms with Gasteiger partial charge in [-0.2, -0.15) is 0 Å². The van der Waals surface area contributed by atoms with Crippen molar-refractivity contribution < 1.29 is 14.1 Å². The molecule has 2 heterocycles. The fraction of sp³-hybridized carbons (Fsp3) is 0.312. The molecule has 3 rings (SSSR count). The number of anilines is 1. The van der Waals surface area contributed by atoms with Gasteiger partial charge in [0.05, 0.1) is 6.04 Å². The summed E-state index contributed by atoms with van der Waals surface area (Å²) >= 11 is 0. The summed E-state index contributed by atoms with van der Waals surface area (Å²) in [6, 6.07) is 11.3. The predicted octanol–water partition coefficient (Wildman–Crippen LogP) is 2.29. The maximum Gasteiger partial charge on any atom is 0.315 e. The molecule has 0 radical (unpaired) electrons. The van der Waals surface area contributed by atoms with Crippen LogP contribution in [0.2, 0.25) is 0 Å². The summed E-state index contributed by atoms with van der Waals surface area (Å²) in [5.41, 5.74) is 1.05. The minimum atomic E-state index is -0.684. The standard InChI is InChI=1S/C16H17N3O3/c1-11-10-14(18-22-11)17-15(20)16(21)19-9-5-8-13(19)12-6-3-2-4-7-12/h2-4,6-7,10,13H,5,8-9H2,1H3,(H,17,18,20)/t13-/m1/s1. The minimum absolute atomic E-state index is 0.0431. The van der Waals surface area contributed by atoms with E-state index in [0.717, 1.165) is 18.4 Å². The first kappa shape index (κ1) is 14.3. The Hall–Kier alpha value is -2.63.